The minimum atomic E-state index is -2.08. The van der Waals surface area contributed by atoms with Gasteiger partial charge in [0, 0.05) is 0 Å². The maximum atomic E-state index is 10.7. The number of hydrogen-bond donors (Lipinski definition) is 2. The van der Waals surface area contributed by atoms with Gasteiger partial charge in [-0.2, -0.15) is 0 Å². The zero-order chi connectivity index (χ0) is 8.32. The van der Waals surface area contributed by atoms with Crippen molar-refractivity contribution in [1.29, 1.82) is 0 Å². The summed E-state index contributed by atoms with van der Waals surface area (Å²) in [6, 6.07) is 0. The van der Waals surface area contributed by atoms with Crippen molar-refractivity contribution in [3.05, 3.63) is 0 Å². The molecule has 1 unspecified atom stereocenters. The Balaban J connectivity index is 2.64. The second-order valence-electron chi connectivity index (χ2n) is 2.81. The molecule has 4 nitrogen and oxygen atoms in total. The van der Waals surface area contributed by atoms with Gasteiger partial charge in [-0.25, -0.2) is 9.10 Å². The van der Waals surface area contributed by atoms with E-state index in [1.807, 2.05) is 0 Å². The molecule has 5 heteroatoms. The van der Waals surface area contributed by atoms with Crippen LogP contribution in [0.15, 0.2) is 0 Å². The van der Waals surface area contributed by atoms with Gasteiger partial charge in [0.05, 0.1) is 0 Å². The molecule has 0 saturated heterocycles. The molecule has 0 bridgehead atoms. The van der Waals surface area contributed by atoms with Crippen molar-refractivity contribution in [1.82, 2.24) is 0 Å². The highest BCUT2D eigenvalue weighted by molar-refractivity contribution is 7.80. The maximum absolute atomic E-state index is 10.7. The van der Waals surface area contributed by atoms with Gasteiger partial charge in [-0.3, -0.25) is 5.26 Å². The highest BCUT2D eigenvalue weighted by atomic mass is 32.2. The van der Waals surface area contributed by atoms with Crippen molar-refractivity contribution in [2.75, 3.05) is 0 Å². The normalized spacial score (nSPS) is 26.4. The van der Waals surface area contributed by atoms with Gasteiger partial charge in [-0.1, -0.05) is 6.42 Å². The van der Waals surface area contributed by atoms with Gasteiger partial charge in [0.15, 0.2) is 11.1 Å². The zero-order valence-electron chi connectivity index (χ0n) is 6.15. The Hall–Kier alpha value is 0.0300. The first-order valence-corrected chi connectivity index (χ1v) is 4.75. The third-order valence-corrected chi connectivity index (χ3v) is 3.22. The standard InChI is InChI=1S/C6H12O4S/c7-10-6(11(8)9)4-2-1-3-5-6/h7H,1-5H2,(H,8,9). The maximum Gasteiger partial charge on any atom is 0.202 e. The summed E-state index contributed by atoms with van der Waals surface area (Å²) in [5, 5.41) is 8.46. The van der Waals surface area contributed by atoms with Crippen molar-refractivity contribution < 1.29 is 18.9 Å². The minimum Gasteiger partial charge on any atom is -0.304 e. The predicted molar refractivity (Wildman–Crippen MR) is 40.3 cm³/mol. The molecular weight excluding hydrogens is 168 g/mol. The van der Waals surface area contributed by atoms with Gasteiger partial charge in [0.1, 0.15) is 0 Å². The monoisotopic (exact) mass is 180 g/mol. The van der Waals surface area contributed by atoms with E-state index in [-0.39, 0.29) is 0 Å². The Labute approximate surface area is 67.8 Å². The Kier molecular flexibility index (Phi) is 3.00. The molecule has 1 aliphatic carbocycles. The van der Waals surface area contributed by atoms with E-state index in [0.717, 1.165) is 19.3 Å². The lowest BCUT2D eigenvalue weighted by Crippen LogP contribution is -2.38. The Bertz CT molecular complexity index is 153. The molecule has 66 valence electrons. The first kappa shape index (κ1) is 9.12. The third-order valence-electron chi connectivity index (χ3n) is 2.10. The van der Waals surface area contributed by atoms with E-state index in [2.05, 4.69) is 4.89 Å². The molecule has 0 heterocycles. The molecule has 0 spiro atoms. The van der Waals surface area contributed by atoms with E-state index in [0.29, 0.717) is 12.8 Å². The summed E-state index contributed by atoms with van der Waals surface area (Å²) in [4.78, 5) is 2.89. The smallest absolute Gasteiger partial charge is 0.202 e. The van der Waals surface area contributed by atoms with Crippen LogP contribution in [0.25, 0.3) is 0 Å². The van der Waals surface area contributed by atoms with Gasteiger partial charge < -0.3 is 4.55 Å². The molecule has 11 heavy (non-hydrogen) atoms. The van der Waals surface area contributed by atoms with Crippen LogP contribution in [0.1, 0.15) is 32.1 Å². The number of rotatable bonds is 2. The molecule has 1 atom stereocenters. The summed E-state index contributed by atoms with van der Waals surface area (Å²) < 4.78 is 19.5. The summed E-state index contributed by atoms with van der Waals surface area (Å²) >= 11 is -2.08. The first-order chi connectivity index (χ1) is 5.21. The summed E-state index contributed by atoms with van der Waals surface area (Å²) in [6.45, 7) is 0. The summed E-state index contributed by atoms with van der Waals surface area (Å²) in [5.74, 6) is 0. The predicted octanol–water partition coefficient (Wildman–Crippen LogP) is 1.36. The highest BCUT2D eigenvalue weighted by Gasteiger charge is 2.39. The average Bonchev–Trinajstić information content (AvgIpc) is 2.05. The molecular formula is C6H12O4S. The molecule has 0 aromatic rings. The van der Waals surface area contributed by atoms with Crippen molar-refractivity contribution >= 4 is 11.1 Å². The van der Waals surface area contributed by atoms with Crippen LogP contribution in [0.5, 0.6) is 0 Å². The molecule has 0 aromatic heterocycles. The lowest BCUT2D eigenvalue weighted by Gasteiger charge is -2.29. The Morgan fingerprint density at radius 1 is 1.27 bits per heavy atom. The van der Waals surface area contributed by atoms with E-state index >= 15 is 0 Å². The molecule has 0 aromatic carbocycles. The molecule has 0 amide bonds. The van der Waals surface area contributed by atoms with E-state index in [9.17, 15) is 4.21 Å². The molecule has 1 fully saturated rings. The molecule has 1 rings (SSSR count). The minimum absolute atomic E-state index is 0.465. The van der Waals surface area contributed by atoms with Gasteiger partial charge in [0.25, 0.3) is 0 Å². The van der Waals surface area contributed by atoms with Crippen LogP contribution >= 0.6 is 0 Å². The highest BCUT2D eigenvalue weighted by Crippen LogP contribution is 2.32. The topological polar surface area (TPSA) is 66.8 Å². The van der Waals surface area contributed by atoms with E-state index in [1.54, 1.807) is 0 Å². The summed E-state index contributed by atoms with van der Waals surface area (Å²) in [7, 11) is 0. The second-order valence-corrected chi connectivity index (χ2v) is 4.05. The van der Waals surface area contributed by atoms with Crippen LogP contribution in [0.3, 0.4) is 0 Å². The molecule has 2 N–H and O–H groups in total. The summed E-state index contributed by atoms with van der Waals surface area (Å²) in [5.41, 5.74) is 0. The average molecular weight is 180 g/mol. The Morgan fingerprint density at radius 2 is 1.82 bits per heavy atom. The van der Waals surface area contributed by atoms with Crippen LogP contribution in [0.4, 0.5) is 0 Å². The van der Waals surface area contributed by atoms with Crippen molar-refractivity contribution in [2.45, 2.75) is 37.0 Å². The van der Waals surface area contributed by atoms with Crippen LogP contribution in [-0.2, 0) is 16.0 Å². The van der Waals surface area contributed by atoms with Crippen LogP contribution in [0.2, 0.25) is 0 Å². The van der Waals surface area contributed by atoms with Crippen molar-refractivity contribution in [3.8, 4) is 0 Å². The van der Waals surface area contributed by atoms with Crippen LogP contribution in [0, 0.1) is 0 Å². The molecule has 0 radical (unpaired) electrons. The van der Waals surface area contributed by atoms with E-state index in [1.165, 1.54) is 0 Å². The van der Waals surface area contributed by atoms with Crippen molar-refractivity contribution in [3.63, 3.8) is 0 Å². The summed E-state index contributed by atoms with van der Waals surface area (Å²) in [6.07, 6.45) is 3.65. The second kappa shape index (κ2) is 3.62. The first-order valence-electron chi connectivity index (χ1n) is 3.65. The largest absolute Gasteiger partial charge is 0.304 e. The van der Waals surface area contributed by atoms with Gasteiger partial charge >= 0.3 is 0 Å². The fourth-order valence-corrected chi connectivity index (χ4v) is 2.09. The van der Waals surface area contributed by atoms with Crippen molar-refractivity contribution in [2.24, 2.45) is 0 Å². The van der Waals surface area contributed by atoms with Crippen LogP contribution in [-0.4, -0.2) is 19.0 Å². The third kappa shape index (κ3) is 1.79. The molecule has 0 aliphatic heterocycles. The fourth-order valence-electron chi connectivity index (χ4n) is 1.39. The van der Waals surface area contributed by atoms with Gasteiger partial charge in [0.2, 0.25) is 4.93 Å². The zero-order valence-corrected chi connectivity index (χ0v) is 6.97. The molecule has 1 aliphatic rings. The SMILES string of the molecule is O=S(O)C1(OO)CCCCC1. The molecule has 1 saturated carbocycles. The van der Waals surface area contributed by atoms with E-state index < -0.39 is 16.0 Å². The fraction of sp³-hybridized carbons (Fsp3) is 1.00. The quantitative estimate of drug-likeness (QED) is 0.382. The lowest BCUT2D eigenvalue weighted by atomic mass is 9.97. The number of hydrogen-bond acceptors (Lipinski definition) is 3. The Morgan fingerprint density at radius 3 is 2.09 bits per heavy atom. The lowest BCUT2D eigenvalue weighted by molar-refractivity contribution is -0.300. The van der Waals surface area contributed by atoms with E-state index in [4.69, 9.17) is 9.81 Å². The van der Waals surface area contributed by atoms with Gasteiger partial charge in [-0.15, -0.1) is 0 Å². The van der Waals surface area contributed by atoms with Crippen LogP contribution < -0.4 is 0 Å². The van der Waals surface area contributed by atoms with Gasteiger partial charge in [-0.05, 0) is 25.7 Å².